The predicted molar refractivity (Wildman–Crippen MR) is 69.0 cm³/mol. The van der Waals surface area contributed by atoms with Crippen molar-refractivity contribution < 1.29 is 14.3 Å². The van der Waals surface area contributed by atoms with E-state index >= 15 is 0 Å². The third kappa shape index (κ3) is 3.64. The molecule has 0 spiro atoms. The zero-order valence-corrected chi connectivity index (χ0v) is 11.3. The zero-order chi connectivity index (χ0) is 12.1. The maximum Gasteiger partial charge on any atom is 0.404 e. The summed E-state index contributed by atoms with van der Waals surface area (Å²) in [6.07, 6.45) is -1.51. The standard InChI is InChI=1S/C11H14INO3/c1-7(16-11(13)14)10(15-2)8-4-3-5-9(12)6-8/h3-7,10H,1-2H3,(H2,13,14)/t7-,10+/m1/s1. The molecule has 0 aliphatic carbocycles. The molecule has 0 radical (unpaired) electrons. The number of benzene rings is 1. The molecule has 1 rings (SSSR count). The molecule has 0 unspecified atom stereocenters. The van der Waals surface area contributed by atoms with Crippen LogP contribution in [0.5, 0.6) is 0 Å². The highest BCUT2D eigenvalue weighted by Gasteiger charge is 2.21. The van der Waals surface area contributed by atoms with Crippen LogP contribution in [0.4, 0.5) is 4.79 Å². The molecule has 5 heteroatoms. The van der Waals surface area contributed by atoms with Crippen LogP contribution in [0.25, 0.3) is 0 Å². The van der Waals surface area contributed by atoms with Crippen LogP contribution < -0.4 is 5.73 Å². The monoisotopic (exact) mass is 335 g/mol. The lowest BCUT2D eigenvalue weighted by molar-refractivity contribution is -0.0121. The number of rotatable bonds is 4. The first kappa shape index (κ1) is 13.2. The lowest BCUT2D eigenvalue weighted by Gasteiger charge is -2.22. The number of hydrogen-bond donors (Lipinski definition) is 1. The minimum atomic E-state index is -0.792. The van der Waals surface area contributed by atoms with Crippen molar-refractivity contribution in [1.29, 1.82) is 0 Å². The molecule has 0 heterocycles. The highest BCUT2D eigenvalue weighted by Crippen LogP contribution is 2.24. The molecule has 16 heavy (non-hydrogen) atoms. The van der Waals surface area contributed by atoms with Gasteiger partial charge in [-0.1, -0.05) is 12.1 Å². The minimum Gasteiger partial charge on any atom is -0.444 e. The van der Waals surface area contributed by atoms with Gasteiger partial charge in [0, 0.05) is 10.7 Å². The first-order valence-electron chi connectivity index (χ1n) is 4.79. The van der Waals surface area contributed by atoms with Crippen LogP contribution in [0.15, 0.2) is 24.3 Å². The van der Waals surface area contributed by atoms with Crippen LogP contribution >= 0.6 is 22.6 Å². The molecular weight excluding hydrogens is 321 g/mol. The van der Waals surface area contributed by atoms with Crippen molar-refractivity contribution in [2.45, 2.75) is 19.1 Å². The minimum absolute atomic E-state index is 0.304. The van der Waals surface area contributed by atoms with E-state index in [1.54, 1.807) is 14.0 Å². The van der Waals surface area contributed by atoms with Gasteiger partial charge in [-0.25, -0.2) is 4.79 Å². The number of carbonyl (C=O) groups excluding carboxylic acids is 1. The molecule has 2 N–H and O–H groups in total. The summed E-state index contributed by atoms with van der Waals surface area (Å²) < 4.78 is 11.3. The fourth-order valence-electron chi connectivity index (χ4n) is 1.53. The van der Waals surface area contributed by atoms with Gasteiger partial charge in [-0.05, 0) is 47.2 Å². The second kappa shape index (κ2) is 6.05. The summed E-state index contributed by atoms with van der Waals surface area (Å²) in [6.45, 7) is 1.75. The second-order valence-corrected chi connectivity index (χ2v) is 4.60. The summed E-state index contributed by atoms with van der Waals surface area (Å²) in [4.78, 5) is 10.7. The quantitative estimate of drug-likeness (QED) is 0.860. The van der Waals surface area contributed by atoms with Gasteiger partial charge in [0.15, 0.2) is 0 Å². The SMILES string of the molecule is CO[C@H](c1cccc(I)c1)[C@@H](C)OC(N)=O. The Hall–Kier alpha value is -0.820. The molecule has 0 bridgehead atoms. The van der Waals surface area contributed by atoms with Crippen LogP contribution in [0.3, 0.4) is 0 Å². The van der Waals surface area contributed by atoms with Gasteiger partial charge in [-0.3, -0.25) is 0 Å². The van der Waals surface area contributed by atoms with Crippen LogP contribution in [0, 0.1) is 3.57 Å². The first-order valence-corrected chi connectivity index (χ1v) is 5.87. The molecule has 1 amide bonds. The third-order valence-electron chi connectivity index (χ3n) is 2.16. The Kier molecular flexibility index (Phi) is 5.01. The average molecular weight is 335 g/mol. The van der Waals surface area contributed by atoms with E-state index in [1.807, 2.05) is 24.3 Å². The number of amides is 1. The van der Waals surface area contributed by atoms with Crippen molar-refractivity contribution in [2.24, 2.45) is 5.73 Å². The van der Waals surface area contributed by atoms with E-state index < -0.39 is 12.2 Å². The van der Waals surface area contributed by atoms with Gasteiger partial charge in [0.2, 0.25) is 0 Å². The number of carbonyl (C=O) groups is 1. The highest BCUT2D eigenvalue weighted by molar-refractivity contribution is 14.1. The zero-order valence-electron chi connectivity index (χ0n) is 9.14. The third-order valence-corrected chi connectivity index (χ3v) is 2.83. The maximum absolute atomic E-state index is 10.7. The number of methoxy groups -OCH3 is 1. The molecule has 0 saturated heterocycles. The van der Waals surface area contributed by atoms with Gasteiger partial charge in [0.05, 0.1) is 0 Å². The van der Waals surface area contributed by atoms with E-state index in [-0.39, 0.29) is 6.10 Å². The number of nitrogens with two attached hydrogens (primary N) is 1. The smallest absolute Gasteiger partial charge is 0.404 e. The molecule has 1 aromatic carbocycles. The Morgan fingerprint density at radius 1 is 1.50 bits per heavy atom. The molecule has 88 valence electrons. The van der Waals surface area contributed by atoms with Crippen molar-refractivity contribution >= 4 is 28.7 Å². The summed E-state index contributed by atoms with van der Waals surface area (Å²) >= 11 is 2.22. The van der Waals surface area contributed by atoms with Crippen molar-refractivity contribution in [3.8, 4) is 0 Å². The summed E-state index contributed by atoms with van der Waals surface area (Å²) in [6, 6.07) is 7.82. The normalized spacial score (nSPS) is 14.2. The van der Waals surface area contributed by atoms with Crippen LogP contribution in [-0.4, -0.2) is 19.3 Å². The lowest BCUT2D eigenvalue weighted by Crippen LogP contribution is -2.27. The van der Waals surface area contributed by atoms with E-state index in [4.69, 9.17) is 15.2 Å². The molecule has 4 nitrogen and oxygen atoms in total. The molecular formula is C11H14INO3. The van der Waals surface area contributed by atoms with E-state index in [1.165, 1.54) is 0 Å². The molecule has 0 saturated carbocycles. The van der Waals surface area contributed by atoms with E-state index in [2.05, 4.69) is 22.6 Å². The maximum atomic E-state index is 10.7. The van der Waals surface area contributed by atoms with E-state index in [9.17, 15) is 4.79 Å². The molecule has 0 aliphatic heterocycles. The van der Waals surface area contributed by atoms with Gasteiger partial charge < -0.3 is 15.2 Å². The predicted octanol–water partition coefficient (Wildman–Crippen LogP) is 2.46. The van der Waals surface area contributed by atoms with Gasteiger partial charge in [0.25, 0.3) is 0 Å². The number of primary amides is 1. The molecule has 0 fully saturated rings. The first-order chi connectivity index (χ1) is 7.54. The Bertz CT molecular complexity index is 370. The van der Waals surface area contributed by atoms with Crippen LogP contribution in [-0.2, 0) is 9.47 Å². The molecule has 0 aliphatic rings. The molecule has 0 aromatic heterocycles. The van der Waals surface area contributed by atoms with Gasteiger partial charge >= 0.3 is 6.09 Å². The molecule has 2 atom stereocenters. The fraction of sp³-hybridized carbons (Fsp3) is 0.364. The highest BCUT2D eigenvalue weighted by atomic mass is 127. The topological polar surface area (TPSA) is 61.6 Å². The number of hydrogen-bond acceptors (Lipinski definition) is 3. The Morgan fingerprint density at radius 3 is 2.69 bits per heavy atom. The fourth-order valence-corrected chi connectivity index (χ4v) is 2.09. The van der Waals surface area contributed by atoms with Crippen LogP contribution in [0.1, 0.15) is 18.6 Å². The van der Waals surface area contributed by atoms with Crippen LogP contribution in [0.2, 0.25) is 0 Å². The summed E-state index contributed by atoms with van der Waals surface area (Å²) in [5.41, 5.74) is 5.94. The Labute approximate surface area is 108 Å². The van der Waals surface area contributed by atoms with Crippen molar-refractivity contribution in [1.82, 2.24) is 0 Å². The second-order valence-electron chi connectivity index (χ2n) is 3.35. The van der Waals surface area contributed by atoms with Crippen molar-refractivity contribution in [3.05, 3.63) is 33.4 Å². The lowest BCUT2D eigenvalue weighted by atomic mass is 10.1. The summed E-state index contributed by atoms with van der Waals surface area (Å²) in [5.74, 6) is 0. The number of halogens is 1. The van der Waals surface area contributed by atoms with E-state index in [0.717, 1.165) is 9.13 Å². The van der Waals surface area contributed by atoms with Gasteiger partial charge in [0.1, 0.15) is 12.2 Å². The number of ether oxygens (including phenoxy) is 2. The largest absolute Gasteiger partial charge is 0.444 e. The summed E-state index contributed by atoms with van der Waals surface area (Å²) in [7, 11) is 1.57. The van der Waals surface area contributed by atoms with Crippen molar-refractivity contribution in [3.63, 3.8) is 0 Å². The Balaban J connectivity index is 2.85. The van der Waals surface area contributed by atoms with Gasteiger partial charge in [-0.2, -0.15) is 0 Å². The van der Waals surface area contributed by atoms with E-state index in [0.29, 0.717) is 0 Å². The summed E-state index contributed by atoms with van der Waals surface area (Å²) in [5, 5.41) is 0. The average Bonchev–Trinajstić information content (AvgIpc) is 2.17. The van der Waals surface area contributed by atoms with Gasteiger partial charge in [-0.15, -0.1) is 0 Å². The van der Waals surface area contributed by atoms with Crippen molar-refractivity contribution in [2.75, 3.05) is 7.11 Å². The molecule has 1 aromatic rings. The Morgan fingerprint density at radius 2 is 2.19 bits per heavy atom.